The first-order chi connectivity index (χ1) is 16.6. The van der Waals surface area contributed by atoms with E-state index in [9.17, 15) is 9.59 Å². The normalized spacial score (nSPS) is 10.7. The van der Waals surface area contributed by atoms with E-state index in [-0.39, 0.29) is 18.4 Å². The number of carbonyl (C=O) groups is 2. The SMILES string of the molecule is Cc1ccc(NC(=O)COc2ccc(/C=N\NC(=O)c3ccccc3-n3cccc3)cc2)cc1. The summed E-state index contributed by atoms with van der Waals surface area (Å²) in [6.07, 6.45) is 5.31. The van der Waals surface area contributed by atoms with Crippen LogP contribution in [0.4, 0.5) is 5.69 Å². The lowest BCUT2D eigenvalue weighted by atomic mass is 10.1. The Kier molecular flexibility index (Phi) is 7.15. The zero-order chi connectivity index (χ0) is 23.8. The van der Waals surface area contributed by atoms with Gasteiger partial charge in [0.05, 0.1) is 17.5 Å². The van der Waals surface area contributed by atoms with Gasteiger partial charge in [-0.25, -0.2) is 5.43 Å². The zero-order valence-electron chi connectivity index (χ0n) is 18.6. The van der Waals surface area contributed by atoms with Crippen LogP contribution in [-0.4, -0.2) is 29.2 Å². The summed E-state index contributed by atoms with van der Waals surface area (Å²) in [4.78, 5) is 24.7. The number of hydrogen-bond donors (Lipinski definition) is 2. The molecule has 0 aliphatic carbocycles. The van der Waals surface area contributed by atoms with Crippen LogP contribution in [0.3, 0.4) is 0 Å². The number of para-hydroxylation sites is 1. The number of aromatic nitrogens is 1. The fraction of sp³-hybridized carbons (Fsp3) is 0.0741. The molecule has 0 aliphatic rings. The van der Waals surface area contributed by atoms with Crippen LogP contribution in [0.15, 0.2) is 102 Å². The van der Waals surface area contributed by atoms with Crippen molar-refractivity contribution >= 4 is 23.7 Å². The van der Waals surface area contributed by atoms with Crippen LogP contribution in [0.5, 0.6) is 5.75 Å². The number of hydrogen-bond acceptors (Lipinski definition) is 4. The second-order valence-corrected chi connectivity index (χ2v) is 7.58. The Morgan fingerprint density at radius 2 is 1.62 bits per heavy atom. The van der Waals surface area contributed by atoms with Crippen molar-refractivity contribution < 1.29 is 14.3 Å². The van der Waals surface area contributed by atoms with Gasteiger partial charge in [0.2, 0.25) is 0 Å². The van der Waals surface area contributed by atoms with Crippen LogP contribution in [0, 0.1) is 6.92 Å². The lowest BCUT2D eigenvalue weighted by Crippen LogP contribution is -2.20. The molecule has 0 spiro atoms. The molecule has 0 atom stereocenters. The van der Waals surface area contributed by atoms with Crippen molar-refractivity contribution in [3.63, 3.8) is 0 Å². The van der Waals surface area contributed by atoms with Crippen LogP contribution in [-0.2, 0) is 4.79 Å². The van der Waals surface area contributed by atoms with Crippen molar-refractivity contribution in [1.82, 2.24) is 9.99 Å². The summed E-state index contributed by atoms with van der Waals surface area (Å²) in [5.41, 5.74) is 6.48. The number of anilines is 1. The van der Waals surface area contributed by atoms with E-state index in [1.807, 2.05) is 78.5 Å². The number of ether oxygens (including phenoxy) is 1. The summed E-state index contributed by atoms with van der Waals surface area (Å²) >= 11 is 0. The Balaban J connectivity index is 1.28. The third-order valence-electron chi connectivity index (χ3n) is 5.00. The van der Waals surface area contributed by atoms with Gasteiger partial charge in [-0.15, -0.1) is 0 Å². The van der Waals surface area contributed by atoms with E-state index in [1.54, 1.807) is 36.5 Å². The molecular weight excluding hydrogens is 428 g/mol. The zero-order valence-corrected chi connectivity index (χ0v) is 18.6. The monoisotopic (exact) mass is 452 g/mol. The van der Waals surface area contributed by atoms with Gasteiger partial charge in [0.1, 0.15) is 5.75 Å². The third kappa shape index (κ3) is 5.98. The first-order valence-corrected chi connectivity index (χ1v) is 10.7. The first-order valence-electron chi connectivity index (χ1n) is 10.7. The number of rotatable bonds is 8. The molecule has 7 nitrogen and oxygen atoms in total. The van der Waals surface area contributed by atoms with Crippen molar-refractivity contribution in [3.8, 4) is 11.4 Å². The molecule has 1 aromatic heterocycles. The minimum atomic E-state index is -0.305. The number of hydrazone groups is 1. The highest BCUT2D eigenvalue weighted by Gasteiger charge is 2.11. The van der Waals surface area contributed by atoms with E-state index >= 15 is 0 Å². The topological polar surface area (TPSA) is 84.7 Å². The summed E-state index contributed by atoms with van der Waals surface area (Å²) in [6, 6.07) is 25.7. The summed E-state index contributed by atoms with van der Waals surface area (Å²) in [6.45, 7) is 1.89. The number of aryl methyl sites for hydroxylation is 1. The van der Waals surface area contributed by atoms with Crippen molar-refractivity contribution in [2.75, 3.05) is 11.9 Å². The third-order valence-corrected chi connectivity index (χ3v) is 5.00. The van der Waals surface area contributed by atoms with Crippen LogP contribution in [0.1, 0.15) is 21.5 Å². The second-order valence-electron chi connectivity index (χ2n) is 7.58. The van der Waals surface area contributed by atoms with Crippen LogP contribution in [0.2, 0.25) is 0 Å². The van der Waals surface area contributed by atoms with E-state index in [2.05, 4.69) is 15.8 Å². The second kappa shape index (κ2) is 10.8. The highest BCUT2D eigenvalue weighted by molar-refractivity contribution is 5.98. The lowest BCUT2D eigenvalue weighted by molar-refractivity contribution is -0.118. The molecule has 1 heterocycles. The number of nitrogens with zero attached hydrogens (tertiary/aromatic N) is 2. The van der Waals surface area contributed by atoms with E-state index in [4.69, 9.17) is 4.74 Å². The maximum Gasteiger partial charge on any atom is 0.273 e. The van der Waals surface area contributed by atoms with Gasteiger partial charge in [-0.1, -0.05) is 29.8 Å². The lowest BCUT2D eigenvalue weighted by Gasteiger charge is -2.09. The van der Waals surface area contributed by atoms with Crippen molar-refractivity contribution in [2.24, 2.45) is 5.10 Å². The predicted molar refractivity (Wildman–Crippen MR) is 133 cm³/mol. The molecule has 0 fully saturated rings. The molecule has 3 aromatic carbocycles. The van der Waals surface area contributed by atoms with Crippen molar-refractivity contribution in [2.45, 2.75) is 6.92 Å². The molecule has 0 aliphatic heterocycles. The van der Waals surface area contributed by atoms with E-state index in [0.717, 1.165) is 22.5 Å². The number of carbonyl (C=O) groups excluding carboxylic acids is 2. The molecule has 0 saturated carbocycles. The van der Waals surface area contributed by atoms with Crippen LogP contribution in [0.25, 0.3) is 5.69 Å². The van der Waals surface area contributed by atoms with Gasteiger partial charge in [0, 0.05) is 18.1 Å². The number of nitrogens with one attached hydrogen (secondary N) is 2. The highest BCUT2D eigenvalue weighted by atomic mass is 16.5. The Labute approximate surface area is 197 Å². The van der Waals surface area contributed by atoms with Gasteiger partial charge in [-0.05, 0) is 73.2 Å². The molecular formula is C27H24N4O3. The van der Waals surface area contributed by atoms with Gasteiger partial charge in [0.25, 0.3) is 11.8 Å². The smallest absolute Gasteiger partial charge is 0.273 e. The maximum atomic E-state index is 12.6. The van der Waals surface area contributed by atoms with E-state index in [1.165, 1.54) is 0 Å². The van der Waals surface area contributed by atoms with Gasteiger partial charge < -0.3 is 14.6 Å². The average Bonchev–Trinajstić information content (AvgIpc) is 3.40. The van der Waals surface area contributed by atoms with Gasteiger partial charge in [-0.3, -0.25) is 9.59 Å². The standard InChI is InChI=1S/C27H24N4O3/c1-20-8-12-22(13-9-20)29-26(32)19-34-23-14-10-21(11-15-23)18-28-30-27(33)24-6-2-3-7-25(24)31-16-4-5-17-31/h2-18H,19H2,1H3,(H,29,32)(H,30,33)/b28-18-. The molecule has 170 valence electrons. The summed E-state index contributed by atoms with van der Waals surface area (Å²) < 4.78 is 7.41. The van der Waals surface area contributed by atoms with Crippen LogP contribution >= 0.6 is 0 Å². The summed E-state index contributed by atoms with van der Waals surface area (Å²) in [5.74, 6) is 0.0124. The molecule has 34 heavy (non-hydrogen) atoms. The van der Waals surface area contributed by atoms with E-state index < -0.39 is 0 Å². The fourth-order valence-corrected chi connectivity index (χ4v) is 3.24. The quantitative estimate of drug-likeness (QED) is 0.303. The Hall–Kier alpha value is -4.65. The predicted octanol–water partition coefficient (Wildman–Crippen LogP) is 4.57. The van der Waals surface area contributed by atoms with Crippen molar-refractivity contribution in [1.29, 1.82) is 0 Å². The molecule has 2 amide bonds. The first kappa shape index (κ1) is 22.5. The van der Waals surface area contributed by atoms with Gasteiger partial charge in [-0.2, -0.15) is 5.10 Å². The van der Waals surface area contributed by atoms with Crippen molar-refractivity contribution in [3.05, 3.63) is 114 Å². The molecule has 0 bridgehead atoms. The fourth-order valence-electron chi connectivity index (χ4n) is 3.24. The largest absolute Gasteiger partial charge is 0.484 e. The minimum absolute atomic E-state index is 0.0990. The van der Waals surface area contributed by atoms with Gasteiger partial charge in [0.15, 0.2) is 6.61 Å². The summed E-state index contributed by atoms with van der Waals surface area (Å²) in [7, 11) is 0. The Bertz CT molecular complexity index is 1280. The Morgan fingerprint density at radius 1 is 0.912 bits per heavy atom. The molecule has 0 unspecified atom stereocenters. The molecule has 4 aromatic rings. The molecule has 0 saturated heterocycles. The number of amides is 2. The van der Waals surface area contributed by atoms with E-state index in [0.29, 0.717) is 11.3 Å². The Morgan fingerprint density at radius 3 is 2.35 bits per heavy atom. The molecule has 7 heteroatoms. The molecule has 4 rings (SSSR count). The highest BCUT2D eigenvalue weighted by Crippen LogP contribution is 2.15. The average molecular weight is 453 g/mol. The van der Waals surface area contributed by atoms with Crippen LogP contribution < -0.4 is 15.5 Å². The molecule has 2 N–H and O–H groups in total. The maximum absolute atomic E-state index is 12.6. The summed E-state index contributed by atoms with van der Waals surface area (Å²) in [5, 5.41) is 6.85. The molecule has 0 radical (unpaired) electrons. The number of benzene rings is 3. The van der Waals surface area contributed by atoms with Gasteiger partial charge >= 0.3 is 0 Å². The minimum Gasteiger partial charge on any atom is -0.484 e.